The maximum absolute atomic E-state index is 13.7. The molecule has 7 heteroatoms. The third-order valence-electron chi connectivity index (χ3n) is 3.42. The zero-order valence-electron chi connectivity index (χ0n) is 13.0. The number of para-hydroxylation sites is 1. The second-order valence-corrected chi connectivity index (χ2v) is 6.02. The first-order chi connectivity index (χ1) is 11.7. The number of hydrogen-bond donors (Lipinski definition) is 1. The van der Waals surface area contributed by atoms with Crippen LogP contribution < -0.4 is 4.74 Å². The fourth-order valence-electron chi connectivity index (χ4n) is 2.16. The van der Waals surface area contributed by atoms with Gasteiger partial charge in [0.1, 0.15) is 6.33 Å². The Balaban J connectivity index is 1.63. The summed E-state index contributed by atoms with van der Waals surface area (Å²) in [6.07, 6.45) is 0.802. The zero-order chi connectivity index (χ0) is 16.9. The molecular weight excluding hydrogens is 329 g/mol. The largest absolute Gasteiger partial charge is 0.494 e. The number of nitrogens with zero attached hydrogens (tertiary/aromatic N) is 3. The summed E-state index contributed by atoms with van der Waals surface area (Å²) >= 11 is 1.31. The molecule has 24 heavy (non-hydrogen) atoms. The van der Waals surface area contributed by atoms with Gasteiger partial charge in [0.05, 0.1) is 18.9 Å². The second-order valence-electron chi connectivity index (χ2n) is 5.03. The number of rotatable bonds is 6. The van der Waals surface area contributed by atoms with Crippen LogP contribution in [0.2, 0.25) is 0 Å². The summed E-state index contributed by atoms with van der Waals surface area (Å²) in [6, 6.07) is 14.1. The molecule has 1 atom stereocenters. The number of halogens is 1. The van der Waals surface area contributed by atoms with Crippen molar-refractivity contribution >= 4 is 11.8 Å². The molecule has 2 aromatic carbocycles. The number of thioether (sulfide) groups is 1. The molecule has 0 spiro atoms. The molecule has 5 nitrogen and oxygen atoms in total. The third kappa shape index (κ3) is 3.74. The van der Waals surface area contributed by atoms with Crippen molar-refractivity contribution in [3.05, 3.63) is 66.2 Å². The number of aliphatic hydroxyl groups is 1. The van der Waals surface area contributed by atoms with Gasteiger partial charge in [0.2, 0.25) is 5.16 Å². The summed E-state index contributed by atoms with van der Waals surface area (Å²) in [7, 11) is 1.40. The van der Waals surface area contributed by atoms with E-state index in [-0.39, 0.29) is 5.75 Å². The van der Waals surface area contributed by atoms with Crippen LogP contribution in [0.25, 0.3) is 5.69 Å². The van der Waals surface area contributed by atoms with Crippen LogP contribution in [-0.2, 0) is 0 Å². The Morgan fingerprint density at radius 3 is 2.75 bits per heavy atom. The molecule has 0 aliphatic rings. The summed E-state index contributed by atoms with van der Waals surface area (Å²) in [5.74, 6) is -0.0164. The van der Waals surface area contributed by atoms with Crippen molar-refractivity contribution in [3.63, 3.8) is 0 Å². The van der Waals surface area contributed by atoms with Crippen LogP contribution in [0.15, 0.2) is 60.0 Å². The van der Waals surface area contributed by atoms with Gasteiger partial charge in [-0.2, -0.15) is 0 Å². The Morgan fingerprint density at radius 2 is 2.04 bits per heavy atom. The second kappa shape index (κ2) is 7.46. The number of ether oxygens (including phenoxy) is 1. The van der Waals surface area contributed by atoms with Crippen LogP contribution in [0.3, 0.4) is 0 Å². The lowest BCUT2D eigenvalue weighted by Gasteiger charge is -2.11. The van der Waals surface area contributed by atoms with Crippen LogP contribution in [0.4, 0.5) is 4.39 Å². The number of hydrogen-bond acceptors (Lipinski definition) is 5. The monoisotopic (exact) mass is 345 g/mol. The van der Waals surface area contributed by atoms with Gasteiger partial charge in [-0.3, -0.25) is 0 Å². The average molecular weight is 345 g/mol. The molecule has 1 aromatic heterocycles. The average Bonchev–Trinajstić information content (AvgIpc) is 3.09. The molecule has 3 aromatic rings. The van der Waals surface area contributed by atoms with E-state index in [0.717, 1.165) is 5.69 Å². The van der Waals surface area contributed by atoms with E-state index >= 15 is 0 Å². The van der Waals surface area contributed by atoms with E-state index in [4.69, 9.17) is 4.74 Å². The molecule has 0 aliphatic carbocycles. The van der Waals surface area contributed by atoms with Crippen LogP contribution in [0.1, 0.15) is 11.7 Å². The maximum atomic E-state index is 13.7. The Bertz CT molecular complexity index is 811. The smallest absolute Gasteiger partial charge is 0.208 e. The van der Waals surface area contributed by atoms with E-state index in [1.54, 1.807) is 17.1 Å². The highest BCUT2D eigenvalue weighted by molar-refractivity contribution is 7.99. The summed E-state index contributed by atoms with van der Waals surface area (Å²) in [4.78, 5) is 4.21. The quantitative estimate of drug-likeness (QED) is 0.695. The van der Waals surface area contributed by atoms with Crippen molar-refractivity contribution in [1.29, 1.82) is 0 Å². The normalized spacial score (nSPS) is 12.1. The molecule has 0 radical (unpaired) electrons. The lowest BCUT2D eigenvalue weighted by molar-refractivity contribution is 0.203. The molecule has 1 heterocycles. The predicted octanol–water partition coefficient (Wildman–Crippen LogP) is 3.24. The van der Waals surface area contributed by atoms with Crippen LogP contribution >= 0.6 is 11.8 Å². The lowest BCUT2D eigenvalue weighted by atomic mass is 10.1. The SMILES string of the molecule is COc1ccc(C(O)CSc2ncn(-c3ccccc3)n2)cc1F. The van der Waals surface area contributed by atoms with Gasteiger partial charge in [-0.25, -0.2) is 14.1 Å². The Hall–Kier alpha value is -2.38. The van der Waals surface area contributed by atoms with Crippen molar-refractivity contribution < 1.29 is 14.2 Å². The van der Waals surface area contributed by atoms with Crippen molar-refractivity contribution in [3.8, 4) is 11.4 Å². The topological polar surface area (TPSA) is 60.2 Å². The van der Waals surface area contributed by atoms with Crippen LogP contribution in [0.5, 0.6) is 5.75 Å². The van der Waals surface area contributed by atoms with Gasteiger partial charge in [0.25, 0.3) is 0 Å². The third-order valence-corrected chi connectivity index (χ3v) is 4.35. The first kappa shape index (κ1) is 16.5. The van der Waals surface area contributed by atoms with E-state index in [9.17, 15) is 9.50 Å². The van der Waals surface area contributed by atoms with Crippen molar-refractivity contribution in [2.75, 3.05) is 12.9 Å². The van der Waals surface area contributed by atoms with Gasteiger partial charge in [-0.15, -0.1) is 5.10 Å². The van der Waals surface area contributed by atoms with E-state index < -0.39 is 11.9 Å². The van der Waals surface area contributed by atoms with Crippen LogP contribution in [-0.4, -0.2) is 32.7 Å². The molecule has 1 unspecified atom stereocenters. The molecule has 3 rings (SSSR count). The van der Waals surface area contributed by atoms with Crippen LogP contribution in [0, 0.1) is 5.82 Å². The fourth-order valence-corrected chi connectivity index (χ4v) is 2.93. The number of aromatic nitrogens is 3. The van der Waals surface area contributed by atoms with E-state index in [1.165, 1.54) is 31.0 Å². The Labute approximate surface area is 143 Å². The highest BCUT2D eigenvalue weighted by Gasteiger charge is 2.13. The molecule has 0 amide bonds. The Morgan fingerprint density at radius 1 is 1.25 bits per heavy atom. The van der Waals surface area contributed by atoms with Gasteiger partial charge in [0, 0.05) is 5.75 Å². The number of aliphatic hydroxyl groups excluding tert-OH is 1. The van der Waals surface area contributed by atoms with Gasteiger partial charge in [0.15, 0.2) is 11.6 Å². The van der Waals surface area contributed by atoms with Crippen molar-refractivity contribution in [1.82, 2.24) is 14.8 Å². The molecule has 0 saturated heterocycles. The minimum absolute atomic E-state index is 0.155. The van der Waals surface area contributed by atoms with Gasteiger partial charge < -0.3 is 9.84 Å². The standard InChI is InChI=1S/C17H16FN3O2S/c1-23-16-8-7-12(9-14(16)18)15(22)10-24-17-19-11-21(20-17)13-5-3-2-4-6-13/h2-9,11,15,22H,10H2,1H3. The molecule has 0 aliphatic heterocycles. The number of methoxy groups -OCH3 is 1. The highest BCUT2D eigenvalue weighted by Crippen LogP contribution is 2.26. The molecule has 124 valence electrons. The van der Waals surface area contributed by atoms with E-state index in [0.29, 0.717) is 16.5 Å². The molecule has 0 fully saturated rings. The maximum Gasteiger partial charge on any atom is 0.208 e. The summed E-state index contributed by atoms with van der Waals surface area (Å²) in [5.41, 5.74) is 1.40. The molecule has 0 saturated carbocycles. The van der Waals surface area contributed by atoms with Crippen molar-refractivity contribution in [2.45, 2.75) is 11.3 Å². The first-order valence-corrected chi connectivity index (χ1v) is 8.27. The fraction of sp³-hybridized carbons (Fsp3) is 0.176. The van der Waals surface area contributed by atoms with E-state index in [1.807, 2.05) is 30.3 Å². The predicted molar refractivity (Wildman–Crippen MR) is 90.0 cm³/mol. The molecule has 0 bridgehead atoms. The Kier molecular flexibility index (Phi) is 5.12. The van der Waals surface area contributed by atoms with E-state index in [2.05, 4.69) is 10.1 Å². The minimum atomic E-state index is -0.820. The molecule has 1 N–H and O–H groups in total. The summed E-state index contributed by atoms with van der Waals surface area (Å²) < 4.78 is 20.2. The summed E-state index contributed by atoms with van der Waals surface area (Å²) in [6.45, 7) is 0. The first-order valence-electron chi connectivity index (χ1n) is 7.29. The van der Waals surface area contributed by atoms with Crippen molar-refractivity contribution in [2.24, 2.45) is 0 Å². The lowest BCUT2D eigenvalue weighted by Crippen LogP contribution is -2.02. The van der Waals surface area contributed by atoms with Gasteiger partial charge >= 0.3 is 0 Å². The summed E-state index contributed by atoms with van der Waals surface area (Å²) in [5, 5.41) is 15.1. The molecular formula is C17H16FN3O2S. The van der Waals surface area contributed by atoms with Gasteiger partial charge in [-0.1, -0.05) is 36.0 Å². The highest BCUT2D eigenvalue weighted by atomic mass is 32.2. The zero-order valence-corrected chi connectivity index (χ0v) is 13.8. The minimum Gasteiger partial charge on any atom is -0.494 e. The van der Waals surface area contributed by atoms with Gasteiger partial charge in [-0.05, 0) is 29.8 Å². The number of benzene rings is 2.